The number of hydrogen-bond donors (Lipinski definition) is 1. The van der Waals surface area contributed by atoms with Crippen molar-refractivity contribution < 1.29 is 0 Å². The van der Waals surface area contributed by atoms with Crippen molar-refractivity contribution in [1.29, 1.82) is 0 Å². The van der Waals surface area contributed by atoms with Crippen LogP contribution in [0.4, 0.5) is 11.4 Å². The van der Waals surface area contributed by atoms with Gasteiger partial charge in [0.05, 0.1) is 40.8 Å². The molecule has 2 unspecified atom stereocenters. The van der Waals surface area contributed by atoms with E-state index in [-0.39, 0.29) is 18.2 Å². The second-order valence-corrected chi connectivity index (χ2v) is 13.8. The van der Waals surface area contributed by atoms with Gasteiger partial charge in [-0.3, -0.25) is 4.90 Å². The van der Waals surface area contributed by atoms with E-state index in [0.29, 0.717) is 0 Å². The van der Waals surface area contributed by atoms with E-state index >= 15 is 0 Å². The highest BCUT2D eigenvalue weighted by Crippen LogP contribution is 2.53. The van der Waals surface area contributed by atoms with Crippen LogP contribution in [0.1, 0.15) is 18.0 Å². The summed E-state index contributed by atoms with van der Waals surface area (Å²) in [5.41, 5.74) is 14.9. The number of benzene rings is 6. The van der Waals surface area contributed by atoms with Crippen LogP contribution in [0.15, 0.2) is 182 Å². The molecule has 3 aliphatic rings. The van der Waals surface area contributed by atoms with Gasteiger partial charge in [-0.05, 0) is 54.1 Å². The van der Waals surface area contributed by atoms with Crippen molar-refractivity contribution in [3.8, 4) is 39.2 Å². The number of rotatable bonds is 4. The Hall–Kier alpha value is -6.10. The molecular formula is C47H38N4. The molecule has 6 aromatic carbocycles. The first-order valence-electron chi connectivity index (χ1n) is 17.9. The maximum Gasteiger partial charge on any atom is 0.0911 e. The Labute approximate surface area is 299 Å². The summed E-state index contributed by atoms with van der Waals surface area (Å²) in [6.45, 7) is 0. The van der Waals surface area contributed by atoms with Gasteiger partial charge in [0, 0.05) is 39.9 Å². The minimum Gasteiger partial charge on any atom is -0.377 e. The van der Waals surface area contributed by atoms with Crippen molar-refractivity contribution in [3.05, 3.63) is 187 Å². The Morgan fingerprint density at radius 3 is 2.00 bits per heavy atom. The zero-order valence-electron chi connectivity index (χ0n) is 28.5. The van der Waals surface area contributed by atoms with E-state index in [9.17, 15) is 0 Å². The molecule has 3 aliphatic heterocycles. The van der Waals surface area contributed by atoms with Gasteiger partial charge in [0.15, 0.2) is 0 Å². The van der Waals surface area contributed by atoms with Gasteiger partial charge in [-0.2, -0.15) is 0 Å². The maximum atomic E-state index is 3.90. The van der Waals surface area contributed by atoms with Gasteiger partial charge in [0.2, 0.25) is 0 Å². The Kier molecular flexibility index (Phi) is 7.03. The highest BCUT2D eigenvalue weighted by molar-refractivity contribution is 6.11. The van der Waals surface area contributed by atoms with Crippen molar-refractivity contribution in [3.63, 3.8) is 0 Å². The number of para-hydroxylation sites is 4. The lowest BCUT2D eigenvalue weighted by molar-refractivity contribution is 0.200. The topological polar surface area (TPSA) is 23.4 Å². The highest BCUT2D eigenvalue weighted by Gasteiger charge is 2.39. The van der Waals surface area contributed by atoms with E-state index < -0.39 is 0 Å². The number of likely N-dealkylation sites (N-methyl/N-ethyl adjacent to an activating group) is 1. The third-order valence-electron chi connectivity index (χ3n) is 11.0. The van der Waals surface area contributed by atoms with Gasteiger partial charge in [0.25, 0.3) is 0 Å². The van der Waals surface area contributed by atoms with Crippen molar-refractivity contribution in [2.45, 2.75) is 24.7 Å². The number of nitrogens with zero attached hydrogens (tertiary/aromatic N) is 3. The van der Waals surface area contributed by atoms with Crippen LogP contribution >= 0.6 is 0 Å². The lowest BCUT2D eigenvalue weighted by Gasteiger charge is -2.47. The first kappa shape index (κ1) is 29.8. The monoisotopic (exact) mass is 658 g/mol. The molecule has 51 heavy (non-hydrogen) atoms. The van der Waals surface area contributed by atoms with Crippen LogP contribution in [0.25, 0.3) is 50.1 Å². The average Bonchev–Trinajstić information content (AvgIpc) is 3.49. The fourth-order valence-corrected chi connectivity index (χ4v) is 8.59. The van der Waals surface area contributed by atoms with E-state index in [1.54, 1.807) is 0 Å². The Balaban J connectivity index is 1.06. The second-order valence-electron chi connectivity index (χ2n) is 13.8. The lowest BCUT2D eigenvalue weighted by atomic mass is 9.93. The molecule has 7 aromatic rings. The Morgan fingerprint density at radius 1 is 0.588 bits per heavy atom. The van der Waals surface area contributed by atoms with Crippen LogP contribution in [0, 0.1) is 0 Å². The van der Waals surface area contributed by atoms with E-state index in [1.807, 2.05) is 0 Å². The number of fused-ring (bicyclic) bond motifs is 8. The summed E-state index contributed by atoms with van der Waals surface area (Å²) < 4.78 is 2.46. The molecule has 0 spiro atoms. The number of nitrogens with one attached hydrogen (secondary N) is 1. The smallest absolute Gasteiger partial charge is 0.0911 e. The molecule has 0 saturated heterocycles. The second kappa shape index (κ2) is 12.0. The molecule has 3 atom stereocenters. The molecule has 1 N–H and O–H groups in total. The number of hydrogen-bond acceptors (Lipinski definition) is 3. The molecule has 0 amide bonds. The molecular weight excluding hydrogens is 621 g/mol. The summed E-state index contributed by atoms with van der Waals surface area (Å²) in [6, 6.07) is 57.5. The van der Waals surface area contributed by atoms with Crippen molar-refractivity contribution >= 4 is 22.3 Å². The molecule has 0 aliphatic carbocycles. The van der Waals surface area contributed by atoms with Gasteiger partial charge in [-0.25, -0.2) is 0 Å². The number of anilines is 2. The van der Waals surface area contributed by atoms with Gasteiger partial charge < -0.3 is 14.8 Å². The highest BCUT2D eigenvalue weighted by atomic mass is 15.4. The predicted octanol–water partition coefficient (Wildman–Crippen LogP) is 10.9. The van der Waals surface area contributed by atoms with Crippen LogP contribution in [-0.2, 0) is 0 Å². The predicted molar refractivity (Wildman–Crippen MR) is 211 cm³/mol. The fourth-order valence-electron chi connectivity index (χ4n) is 8.59. The lowest BCUT2D eigenvalue weighted by Crippen LogP contribution is -2.54. The summed E-state index contributed by atoms with van der Waals surface area (Å²) in [4.78, 5) is 5.14. The van der Waals surface area contributed by atoms with E-state index in [0.717, 1.165) is 6.42 Å². The summed E-state index contributed by atoms with van der Waals surface area (Å²) in [7, 11) is 2.28. The first-order chi connectivity index (χ1) is 25.2. The minimum atomic E-state index is 0.106. The summed E-state index contributed by atoms with van der Waals surface area (Å²) in [5, 5.41) is 5.17. The summed E-state index contributed by atoms with van der Waals surface area (Å²) in [6.07, 6.45) is 8.16. The first-order valence-corrected chi connectivity index (χ1v) is 17.9. The van der Waals surface area contributed by atoms with Gasteiger partial charge in [0.1, 0.15) is 0 Å². The maximum absolute atomic E-state index is 3.90. The van der Waals surface area contributed by atoms with Gasteiger partial charge >= 0.3 is 0 Å². The fraction of sp³-hybridized carbons (Fsp3) is 0.106. The Bertz CT molecular complexity index is 2460. The van der Waals surface area contributed by atoms with Crippen LogP contribution < -0.4 is 10.2 Å². The zero-order valence-corrected chi connectivity index (χ0v) is 28.5. The molecule has 0 fully saturated rings. The van der Waals surface area contributed by atoms with Crippen LogP contribution in [0.2, 0.25) is 0 Å². The van der Waals surface area contributed by atoms with Crippen molar-refractivity contribution in [1.82, 2.24) is 14.8 Å². The van der Waals surface area contributed by atoms with Crippen LogP contribution in [0.3, 0.4) is 0 Å². The molecule has 0 saturated carbocycles. The summed E-state index contributed by atoms with van der Waals surface area (Å²) >= 11 is 0. The molecule has 0 radical (unpaired) electrons. The third kappa shape index (κ3) is 4.79. The Morgan fingerprint density at radius 2 is 1.22 bits per heavy atom. The van der Waals surface area contributed by atoms with E-state index in [1.165, 1.54) is 72.7 Å². The molecule has 4 heterocycles. The molecule has 4 heteroatoms. The molecule has 246 valence electrons. The van der Waals surface area contributed by atoms with Gasteiger partial charge in [-0.1, -0.05) is 146 Å². The quantitative estimate of drug-likeness (QED) is 0.190. The van der Waals surface area contributed by atoms with Gasteiger partial charge in [-0.15, -0.1) is 0 Å². The average molecular weight is 659 g/mol. The third-order valence-corrected chi connectivity index (χ3v) is 11.0. The minimum absolute atomic E-state index is 0.106. The van der Waals surface area contributed by atoms with Crippen molar-refractivity contribution in [2.75, 3.05) is 11.9 Å². The van der Waals surface area contributed by atoms with E-state index in [2.05, 4.69) is 203 Å². The molecule has 10 rings (SSSR count). The van der Waals surface area contributed by atoms with Crippen LogP contribution in [-0.4, -0.2) is 28.7 Å². The molecule has 1 aromatic heterocycles. The molecule has 0 bridgehead atoms. The largest absolute Gasteiger partial charge is 0.377 e. The standard InChI is InChI=1S/C47H38N4/c1-49-44-30-28-39(34-26-24-33(25-27-34)32-14-4-2-5-15-32)48-40(44)29-31-45(49)51-42-22-12-9-19-37(42)46-36-18-8-11-21-41(36)50(35-16-6-3-7-17-35)47(46)38-20-10-13-23-43(38)51/h2-30,39,44-45,48H,31H2,1H3/t39?,44?,45-/m1/s1. The van der Waals surface area contributed by atoms with E-state index in [4.69, 9.17) is 0 Å². The SMILES string of the molecule is CN1C2C=CC(c3ccc(-c4ccccc4)cc3)NC2=CC[C@H]1N1c2ccccc2-c2c(n(-c3ccccc3)c3ccccc23)-c2ccccc21. The normalized spacial score (nSPS) is 19.3. The molecule has 4 nitrogen and oxygen atoms in total. The van der Waals surface area contributed by atoms with Crippen LogP contribution in [0.5, 0.6) is 0 Å². The van der Waals surface area contributed by atoms with Crippen molar-refractivity contribution in [2.24, 2.45) is 0 Å². The summed E-state index contributed by atoms with van der Waals surface area (Å²) in [5.74, 6) is 0. The zero-order chi connectivity index (χ0) is 33.9. The number of aromatic nitrogens is 1.